The van der Waals surface area contributed by atoms with Crippen molar-refractivity contribution >= 4 is 16.0 Å². The van der Waals surface area contributed by atoms with E-state index in [2.05, 4.69) is 19.9 Å². The zero-order chi connectivity index (χ0) is 19.7. The van der Waals surface area contributed by atoms with Gasteiger partial charge in [0.15, 0.2) is 5.96 Å². The number of hydrogen-bond acceptors (Lipinski definition) is 5. The van der Waals surface area contributed by atoms with Gasteiger partial charge in [0, 0.05) is 53.4 Å². The van der Waals surface area contributed by atoms with Gasteiger partial charge in [-0.1, -0.05) is 12.1 Å². The van der Waals surface area contributed by atoms with Gasteiger partial charge < -0.3 is 19.7 Å². The van der Waals surface area contributed by atoms with Crippen molar-refractivity contribution in [1.82, 2.24) is 14.9 Å². The van der Waals surface area contributed by atoms with E-state index in [1.54, 1.807) is 25.2 Å². The van der Waals surface area contributed by atoms with Crippen LogP contribution in [0.3, 0.4) is 0 Å². The molecule has 1 fully saturated rings. The summed E-state index contributed by atoms with van der Waals surface area (Å²) >= 11 is 0. The highest BCUT2D eigenvalue weighted by molar-refractivity contribution is 7.89. The summed E-state index contributed by atoms with van der Waals surface area (Å²) in [5, 5.41) is 3.29. The summed E-state index contributed by atoms with van der Waals surface area (Å²) in [6.07, 6.45) is 1.07. The topological polar surface area (TPSA) is 92.3 Å². The number of sulfonamides is 1. The molecule has 0 bridgehead atoms. The van der Waals surface area contributed by atoms with E-state index in [-0.39, 0.29) is 11.4 Å². The van der Waals surface area contributed by atoms with Crippen molar-refractivity contribution in [2.24, 2.45) is 10.9 Å². The first-order valence-electron chi connectivity index (χ1n) is 9.03. The average Bonchev–Trinajstić information content (AvgIpc) is 3.15. The Bertz CT molecular complexity index is 718. The Balaban J connectivity index is 1.94. The maximum atomic E-state index is 12.3. The number of ether oxygens (including phenoxy) is 2. The molecule has 1 saturated heterocycles. The largest absolute Gasteiger partial charge is 0.383 e. The zero-order valence-electron chi connectivity index (χ0n) is 16.3. The lowest BCUT2D eigenvalue weighted by molar-refractivity contribution is 0.181. The van der Waals surface area contributed by atoms with E-state index < -0.39 is 10.0 Å². The van der Waals surface area contributed by atoms with Crippen molar-refractivity contribution in [3.63, 3.8) is 0 Å². The fraction of sp³-hybridized carbons (Fsp3) is 0.611. The van der Waals surface area contributed by atoms with E-state index in [1.807, 2.05) is 13.1 Å². The minimum atomic E-state index is -3.54. The van der Waals surface area contributed by atoms with Crippen molar-refractivity contribution < 1.29 is 17.9 Å². The van der Waals surface area contributed by atoms with E-state index >= 15 is 0 Å². The summed E-state index contributed by atoms with van der Waals surface area (Å²) in [6, 6.07) is 6.88. The first-order chi connectivity index (χ1) is 13.0. The molecule has 1 aromatic carbocycles. The van der Waals surface area contributed by atoms with Crippen LogP contribution in [0.15, 0.2) is 34.2 Å². The lowest BCUT2D eigenvalue weighted by Gasteiger charge is -2.24. The van der Waals surface area contributed by atoms with Gasteiger partial charge in [-0.05, 0) is 24.1 Å². The molecule has 1 aliphatic heterocycles. The summed E-state index contributed by atoms with van der Waals surface area (Å²) in [5.74, 6) is 1.29. The van der Waals surface area contributed by atoms with E-state index in [0.717, 1.165) is 37.7 Å². The van der Waals surface area contributed by atoms with E-state index in [0.29, 0.717) is 19.1 Å². The molecule has 2 rings (SSSR count). The predicted octanol–water partition coefficient (Wildman–Crippen LogP) is 0.655. The van der Waals surface area contributed by atoms with Crippen LogP contribution in [0.4, 0.5) is 0 Å². The molecule has 1 atom stereocenters. The SMILES string of the molecule is CN=C(NCc1cccc(S(=O)(=O)NCCOC)c1)N(C)CC1CCOC1. The van der Waals surface area contributed by atoms with Gasteiger partial charge in [0.25, 0.3) is 0 Å². The molecule has 1 aromatic rings. The molecule has 8 nitrogen and oxygen atoms in total. The minimum Gasteiger partial charge on any atom is -0.383 e. The van der Waals surface area contributed by atoms with Crippen LogP contribution in [0.2, 0.25) is 0 Å². The van der Waals surface area contributed by atoms with Crippen molar-refractivity contribution in [1.29, 1.82) is 0 Å². The van der Waals surface area contributed by atoms with Gasteiger partial charge in [-0.3, -0.25) is 4.99 Å². The Kier molecular flexibility index (Phi) is 8.49. The molecule has 152 valence electrons. The second kappa shape index (κ2) is 10.6. The van der Waals surface area contributed by atoms with Gasteiger partial charge in [-0.25, -0.2) is 13.1 Å². The highest BCUT2D eigenvalue weighted by Crippen LogP contribution is 2.14. The fourth-order valence-corrected chi connectivity index (χ4v) is 4.03. The average molecular weight is 399 g/mol. The Labute approximate surface area is 162 Å². The Hall–Kier alpha value is -1.68. The molecule has 0 aromatic heterocycles. The monoisotopic (exact) mass is 398 g/mol. The molecule has 1 heterocycles. The Morgan fingerprint density at radius 2 is 2.26 bits per heavy atom. The number of hydrogen-bond donors (Lipinski definition) is 2. The number of aliphatic imine (C=N–C) groups is 1. The van der Waals surface area contributed by atoms with Crippen molar-refractivity contribution in [3.05, 3.63) is 29.8 Å². The Morgan fingerprint density at radius 3 is 2.93 bits per heavy atom. The number of rotatable bonds is 9. The first kappa shape index (κ1) is 21.6. The Morgan fingerprint density at radius 1 is 1.44 bits per heavy atom. The first-order valence-corrected chi connectivity index (χ1v) is 10.5. The molecular formula is C18H30N4O4S. The maximum Gasteiger partial charge on any atom is 0.240 e. The quantitative estimate of drug-likeness (QED) is 0.361. The summed E-state index contributed by atoms with van der Waals surface area (Å²) in [4.78, 5) is 6.63. The lowest BCUT2D eigenvalue weighted by Crippen LogP contribution is -2.41. The summed E-state index contributed by atoms with van der Waals surface area (Å²) in [6.45, 7) is 3.54. The molecule has 0 saturated carbocycles. The zero-order valence-corrected chi connectivity index (χ0v) is 17.1. The molecule has 0 radical (unpaired) electrons. The third-order valence-electron chi connectivity index (χ3n) is 4.39. The highest BCUT2D eigenvalue weighted by Gasteiger charge is 2.19. The minimum absolute atomic E-state index is 0.240. The van der Waals surface area contributed by atoms with Gasteiger partial charge >= 0.3 is 0 Å². The van der Waals surface area contributed by atoms with Gasteiger partial charge in [0.1, 0.15) is 0 Å². The van der Waals surface area contributed by atoms with Crippen molar-refractivity contribution in [2.75, 3.05) is 54.1 Å². The van der Waals surface area contributed by atoms with Crippen LogP contribution in [0.5, 0.6) is 0 Å². The molecular weight excluding hydrogens is 368 g/mol. The van der Waals surface area contributed by atoms with Crippen LogP contribution >= 0.6 is 0 Å². The maximum absolute atomic E-state index is 12.3. The molecule has 9 heteroatoms. The fourth-order valence-electron chi connectivity index (χ4n) is 2.95. The number of benzene rings is 1. The highest BCUT2D eigenvalue weighted by atomic mass is 32.2. The van der Waals surface area contributed by atoms with E-state index in [4.69, 9.17) is 9.47 Å². The van der Waals surface area contributed by atoms with E-state index in [9.17, 15) is 8.42 Å². The predicted molar refractivity (Wildman–Crippen MR) is 105 cm³/mol. The van der Waals surface area contributed by atoms with Crippen LogP contribution in [0.25, 0.3) is 0 Å². The van der Waals surface area contributed by atoms with Crippen LogP contribution < -0.4 is 10.0 Å². The summed E-state index contributed by atoms with van der Waals surface area (Å²) < 4.78 is 37.5. The molecule has 0 amide bonds. The van der Waals surface area contributed by atoms with Crippen molar-refractivity contribution in [3.8, 4) is 0 Å². The molecule has 1 unspecified atom stereocenters. The normalized spacial score (nSPS) is 17.9. The third kappa shape index (κ3) is 6.76. The molecule has 0 spiro atoms. The molecule has 1 aliphatic rings. The number of methoxy groups -OCH3 is 1. The summed E-state index contributed by atoms with van der Waals surface area (Å²) in [5.41, 5.74) is 0.864. The van der Waals surface area contributed by atoms with Crippen LogP contribution in [-0.2, 0) is 26.0 Å². The number of nitrogens with one attached hydrogen (secondary N) is 2. The number of nitrogens with zero attached hydrogens (tertiary/aromatic N) is 2. The van der Waals surface area contributed by atoms with Crippen LogP contribution in [-0.4, -0.2) is 73.4 Å². The lowest BCUT2D eigenvalue weighted by atomic mass is 10.1. The second-order valence-electron chi connectivity index (χ2n) is 6.55. The van der Waals surface area contributed by atoms with Gasteiger partial charge in [0.05, 0.1) is 18.1 Å². The molecule has 0 aliphatic carbocycles. The van der Waals surface area contributed by atoms with Crippen molar-refractivity contribution in [2.45, 2.75) is 17.9 Å². The van der Waals surface area contributed by atoms with Crippen LogP contribution in [0, 0.1) is 5.92 Å². The van der Waals surface area contributed by atoms with Gasteiger partial charge in [-0.15, -0.1) is 0 Å². The standard InChI is InChI=1S/C18H30N4O4S/c1-19-18(22(2)13-16-7-9-26-14-16)20-12-15-5-4-6-17(11-15)27(23,24)21-8-10-25-3/h4-6,11,16,21H,7-10,12-14H2,1-3H3,(H,19,20). The number of guanidine groups is 1. The smallest absolute Gasteiger partial charge is 0.240 e. The van der Waals surface area contributed by atoms with Gasteiger partial charge in [-0.2, -0.15) is 0 Å². The molecule has 2 N–H and O–H groups in total. The third-order valence-corrected chi connectivity index (χ3v) is 5.85. The van der Waals surface area contributed by atoms with E-state index in [1.165, 1.54) is 7.11 Å². The van der Waals surface area contributed by atoms with Gasteiger partial charge in [0.2, 0.25) is 10.0 Å². The molecule has 27 heavy (non-hydrogen) atoms. The summed E-state index contributed by atoms with van der Waals surface area (Å²) in [7, 11) is 1.72. The van der Waals surface area contributed by atoms with Crippen LogP contribution in [0.1, 0.15) is 12.0 Å². The second-order valence-corrected chi connectivity index (χ2v) is 8.32.